The summed E-state index contributed by atoms with van der Waals surface area (Å²) in [5.74, 6) is 0. The molecule has 23 heavy (non-hydrogen) atoms. The Balaban J connectivity index is 1.94. The zero-order valence-electron chi connectivity index (χ0n) is 12.7. The summed E-state index contributed by atoms with van der Waals surface area (Å²) in [5.41, 5.74) is 6.36. The minimum atomic E-state index is 0.0353. The molecule has 1 aliphatic heterocycles. The number of hydrogen-bond acceptors (Lipinski definition) is 4. The number of hydrogen-bond donors (Lipinski definition) is 2. The van der Waals surface area contributed by atoms with E-state index in [1.165, 1.54) is 5.69 Å². The predicted octanol–water partition coefficient (Wildman–Crippen LogP) is 2.21. The van der Waals surface area contributed by atoms with Gasteiger partial charge in [0.25, 0.3) is 0 Å². The minimum Gasteiger partial charge on any atom is -0.392 e. The topological polar surface area (TPSA) is 63.0 Å². The predicted molar refractivity (Wildman–Crippen MR) is 88.5 cm³/mol. The molecule has 5 heteroatoms. The van der Waals surface area contributed by atoms with Crippen LogP contribution in [0, 0.1) is 0 Å². The number of aromatic nitrogens is 3. The molecule has 3 aromatic rings. The molecule has 0 bridgehead atoms. The van der Waals surface area contributed by atoms with Gasteiger partial charge in [0, 0.05) is 36.6 Å². The fraction of sp³-hybridized carbons (Fsp3) is 0.222. The SMILES string of the molecule is OCc1cccc(-c2nn3c(c2-c2ccncc2)CNCC3)c1. The first-order valence-electron chi connectivity index (χ1n) is 7.78. The first kappa shape index (κ1) is 14.1. The molecule has 5 nitrogen and oxygen atoms in total. The Labute approximate surface area is 134 Å². The van der Waals surface area contributed by atoms with Gasteiger partial charge in [0.15, 0.2) is 0 Å². The first-order chi connectivity index (χ1) is 11.4. The second kappa shape index (κ2) is 5.95. The average Bonchev–Trinajstić information content (AvgIpc) is 3.02. The lowest BCUT2D eigenvalue weighted by Crippen LogP contribution is -2.28. The summed E-state index contributed by atoms with van der Waals surface area (Å²) in [4.78, 5) is 4.12. The van der Waals surface area contributed by atoms with E-state index < -0.39 is 0 Å². The van der Waals surface area contributed by atoms with Crippen molar-refractivity contribution in [3.63, 3.8) is 0 Å². The maximum absolute atomic E-state index is 9.41. The van der Waals surface area contributed by atoms with Gasteiger partial charge in [-0.1, -0.05) is 18.2 Å². The summed E-state index contributed by atoms with van der Waals surface area (Å²) in [6.45, 7) is 2.64. The summed E-state index contributed by atoms with van der Waals surface area (Å²) in [5, 5.41) is 17.7. The van der Waals surface area contributed by atoms with E-state index in [0.29, 0.717) is 0 Å². The number of fused-ring (bicyclic) bond motifs is 1. The lowest BCUT2D eigenvalue weighted by molar-refractivity contribution is 0.282. The zero-order chi connectivity index (χ0) is 15.6. The van der Waals surface area contributed by atoms with Crippen molar-refractivity contribution in [2.75, 3.05) is 6.54 Å². The van der Waals surface area contributed by atoms with Crippen molar-refractivity contribution in [3.8, 4) is 22.4 Å². The normalized spacial score (nSPS) is 13.8. The number of aliphatic hydroxyl groups is 1. The van der Waals surface area contributed by atoms with Crippen LogP contribution in [0.25, 0.3) is 22.4 Å². The highest BCUT2D eigenvalue weighted by atomic mass is 16.3. The molecule has 3 heterocycles. The molecule has 2 aromatic heterocycles. The molecule has 0 saturated carbocycles. The highest BCUT2D eigenvalue weighted by molar-refractivity contribution is 5.83. The number of rotatable bonds is 3. The van der Waals surface area contributed by atoms with Crippen LogP contribution in [0.3, 0.4) is 0 Å². The highest BCUT2D eigenvalue weighted by Gasteiger charge is 2.22. The van der Waals surface area contributed by atoms with Crippen LogP contribution in [0.4, 0.5) is 0 Å². The van der Waals surface area contributed by atoms with Crippen LogP contribution < -0.4 is 5.32 Å². The van der Waals surface area contributed by atoms with Gasteiger partial charge in [-0.25, -0.2) is 0 Å². The molecule has 0 aliphatic carbocycles. The summed E-state index contributed by atoms with van der Waals surface area (Å²) in [7, 11) is 0. The van der Waals surface area contributed by atoms with Crippen LogP contribution in [0.1, 0.15) is 11.3 Å². The van der Waals surface area contributed by atoms with Gasteiger partial charge >= 0.3 is 0 Å². The van der Waals surface area contributed by atoms with Gasteiger partial charge in [0.05, 0.1) is 18.8 Å². The number of benzene rings is 1. The van der Waals surface area contributed by atoms with E-state index in [0.717, 1.165) is 47.6 Å². The molecule has 4 rings (SSSR count). The molecule has 0 fully saturated rings. The molecule has 0 atom stereocenters. The third kappa shape index (κ3) is 2.54. The van der Waals surface area contributed by atoms with Crippen molar-refractivity contribution >= 4 is 0 Å². The fourth-order valence-corrected chi connectivity index (χ4v) is 3.09. The Kier molecular flexibility index (Phi) is 3.65. The smallest absolute Gasteiger partial charge is 0.100 e. The second-order valence-electron chi connectivity index (χ2n) is 5.66. The lowest BCUT2D eigenvalue weighted by Gasteiger charge is -2.16. The van der Waals surface area contributed by atoms with Gasteiger partial charge < -0.3 is 10.4 Å². The van der Waals surface area contributed by atoms with Gasteiger partial charge in [-0.05, 0) is 29.3 Å². The van der Waals surface area contributed by atoms with Crippen molar-refractivity contribution in [2.24, 2.45) is 0 Å². The molecule has 2 N–H and O–H groups in total. The minimum absolute atomic E-state index is 0.0353. The molecule has 0 radical (unpaired) electrons. The van der Waals surface area contributed by atoms with Crippen LogP contribution >= 0.6 is 0 Å². The van der Waals surface area contributed by atoms with E-state index in [1.54, 1.807) is 0 Å². The number of nitrogens with one attached hydrogen (secondary N) is 1. The molecule has 0 amide bonds. The summed E-state index contributed by atoms with van der Waals surface area (Å²) < 4.78 is 2.09. The summed E-state index contributed by atoms with van der Waals surface area (Å²) >= 11 is 0. The van der Waals surface area contributed by atoms with Gasteiger partial charge in [0.2, 0.25) is 0 Å². The van der Waals surface area contributed by atoms with Crippen molar-refractivity contribution < 1.29 is 5.11 Å². The Morgan fingerprint density at radius 1 is 1.13 bits per heavy atom. The quantitative estimate of drug-likeness (QED) is 0.779. The molecular weight excluding hydrogens is 288 g/mol. The molecule has 0 saturated heterocycles. The molecule has 0 unspecified atom stereocenters. The largest absolute Gasteiger partial charge is 0.392 e. The van der Waals surface area contributed by atoms with E-state index in [2.05, 4.69) is 15.0 Å². The monoisotopic (exact) mass is 306 g/mol. The number of nitrogens with zero attached hydrogens (tertiary/aromatic N) is 3. The molecule has 1 aliphatic rings. The molecular formula is C18H18N4O. The van der Waals surface area contributed by atoms with E-state index in [1.807, 2.05) is 48.8 Å². The van der Waals surface area contributed by atoms with Crippen LogP contribution in [0.15, 0.2) is 48.8 Å². The Morgan fingerprint density at radius 3 is 2.83 bits per heavy atom. The van der Waals surface area contributed by atoms with Crippen molar-refractivity contribution in [3.05, 3.63) is 60.0 Å². The van der Waals surface area contributed by atoms with Crippen molar-refractivity contribution in [1.82, 2.24) is 20.1 Å². The molecule has 116 valence electrons. The first-order valence-corrected chi connectivity index (χ1v) is 7.78. The standard InChI is InChI=1S/C18H18N4O/c23-12-13-2-1-3-15(10-13)18-17(14-4-6-19-7-5-14)16-11-20-8-9-22(16)21-18/h1-7,10,20,23H,8-9,11-12H2. The molecule has 1 aromatic carbocycles. The van der Waals surface area contributed by atoms with E-state index in [4.69, 9.17) is 5.10 Å². The number of aliphatic hydroxyl groups excluding tert-OH is 1. The van der Waals surface area contributed by atoms with Gasteiger partial charge in [-0.15, -0.1) is 0 Å². The maximum Gasteiger partial charge on any atom is 0.100 e. The Hall–Kier alpha value is -2.50. The zero-order valence-corrected chi connectivity index (χ0v) is 12.7. The third-order valence-corrected chi connectivity index (χ3v) is 4.20. The highest BCUT2D eigenvalue weighted by Crippen LogP contribution is 2.35. The van der Waals surface area contributed by atoms with E-state index in [-0.39, 0.29) is 6.61 Å². The average molecular weight is 306 g/mol. The van der Waals surface area contributed by atoms with E-state index >= 15 is 0 Å². The van der Waals surface area contributed by atoms with E-state index in [9.17, 15) is 5.11 Å². The Morgan fingerprint density at radius 2 is 2.00 bits per heavy atom. The summed E-state index contributed by atoms with van der Waals surface area (Å²) in [6.07, 6.45) is 3.62. The van der Waals surface area contributed by atoms with Crippen molar-refractivity contribution in [2.45, 2.75) is 19.7 Å². The fourth-order valence-electron chi connectivity index (χ4n) is 3.09. The van der Waals surface area contributed by atoms with Gasteiger partial charge in [-0.2, -0.15) is 5.10 Å². The van der Waals surface area contributed by atoms with Crippen molar-refractivity contribution in [1.29, 1.82) is 0 Å². The number of pyridine rings is 1. The Bertz CT molecular complexity index is 826. The van der Waals surface area contributed by atoms with Crippen LogP contribution in [-0.2, 0) is 19.7 Å². The third-order valence-electron chi connectivity index (χ3n) is 4.20. The molecule has 0 spiro atoms. The summed E-state index contributed by atoms with van der Waals surface area (Å²) in [6, 6.07) is 12.0. The van der Waals surface area contributed by atoms with Gasteiger partial charge in [-0.3, -0.25) is 9.67 Å². The van der Waals surface area contributed by atoms with Crippen LogP contribution in [0.2, 0.25) is 0 Å². The van der Waals surface area contributed by atoms with Crippen LogP contribution in [0.5, 0.6) is 0 Å². The second-order valence-corrected chi connectivity index (χ2v) is 5.66. The maximum atomic E-state index is 9.41. The van der Waals surface area contributed by atoms with Crippen LogP contribution in [-0.4, -0.2) is 26.4 Å². The van der Waals surface area contributed by atoms with Gasteiger partial charge in [0.1, 0.15) is 5.69 Å². The lowest BCUT2D eigenvalue weighted by atomic mass is 9.98.